The molecule has 50 heavy (non-hydrogen) atoms. The van der Waals surface area contributed by atoms with E-state index in [-0.39, 0.29) is 42.8 Å². The number of aryl methyl sites for hydroxylation is 1. The van der Waals surface area contributed by atoms with Gasteiger partial charge in [-0.15, -0.1) is 0 Å². The van der Waals surface area contributed by atoms with Crippen molar-refractivity contribution in [3.8, 4) is 0 Å². The number of aliphatic hydroxyl groups excluding tert-OH is 2. The molecule has 1 unspecified atom stereocenters. The first-order valence-corrected chi connectivity index (χ1v) is 18.3. The molecule has 0 saturated carbocycles. The molecule has 4 aromatic rings. The number of benzene rings is 2. The SMILES string of the molecule is Cc1ccc(S(=O)(=O)N(CCCCO)C(CCO)CC[C@H]2O[C@@H](n3cnc4c(NC(=O)c5ccccc5)ncnc43)[C@@H]3OC(C)(C)O[C@@H]32)cc1. The van der Waals surface area contributed by atoms with Crippen LogP contribution >= 0.6 is 0 Å². The van der Waals surface area contributed by atoms with Crippen molar-refractivity contribution < 1.29 is 37.6 Å². The van der Waals surface area contributed by atoms with Crippen molar-refractivity contribution in [2.75, 3.05) is 25.1 Å². The Morgan fingerprint density at radius 1 is 0.980 bits per heavy atom. The van der Waals surface area contributed by atoms with Gasteiger partial charge in [0.25, 0.3) is 5.91 Å². The molecule has 15 heteroatoms. The van der Waals surface area contributed by atoms with Gasteiger partial charge in [-0.3, -0.25) is 9.36 Å². The number of carbonyl (C=O) groups excluding carboxylic acids is 1. The third-order valence-electron chi connectivity index (χ3n) is 9.09. The molecule has 0 radical (unpaired) electrons. The molecule has 6 rings (SSSR count). The first-order valence-electron chi connectivity index (χ1n) is 16.9. The quantitative estimate of drug-likeness (QED) is 0.153. The summed E-state index contributed by atoms with van der Waals surface area (Å²) in [4.78, 5) is 26.3. The lowest BCUT2D eigenvalue weighted by atomic mass is 10.0. The summed E-state index contributed by atoms with van der Waals surface area (Å²) in [6.07, 6.45) is 2.60. The fourth-order valence-electron chi connectivity index (χ4n) is 6.68. The summed E-state index contributed by atoms with van der Waals surface area (Å²) < 4.78 is 50.5. The average Bonchev–Trinajstić information content (AvgIpc) is 3.77. The highest BCUT2D eigenvalue weighted by atomic mass is 32.2. The van der Waals surface area contributed by atoms with E-state index in [1.807, 2.05) is 26.8 Å². The molecule has 2 aliphatic rings. The normalized spacial score (nSPS) is 22.2. The first kappa shape index (κ1) is 36.0. The van der Waals surface area contributed by atoms with Gasteiger partial charge in [0.2, 0.25) is 10.0 Å². The van der Waals surface area contributed by atoms with Crippen LogP contribution in [-0.4, -0.2) is 98.3 Å². The highest BCUT2D eigenvalue weighted by Crippen LogP contribution is 2.45. The molecule has 4 heterocycles. The molecule has 2 aromatic carbocycles. The van der Waals surface area contributed by atoms with Gasteiger partial charge in [0.15, 0.2) is 29.0 Å². The molecule has 1 amide bonds. The number of carbonyl (C=O) groups is 1. The lowest BCUT2D eigenvalue weighted by Gasteiger charge is -2.32. The van der Waals surface area contributed by atoms with Crippen LogP contribution in [0.25, 0.3) is 11.2 Å². The topological polar surface area (TPSA) is 178 Å². The second kappa shape index (κ2) is 15.2. The monoisotopic (exact) mass is 708 g/mol. The van der Waals surface area contributed by atoms with Gasteiger partial charge in [-0.25, -0.2) is 23.4 Å². The minimum absolute atomic E-state index is 0.0503. The molecule has 0 aliphatic carbocycles. The standard InChI is InChI=1S/C35H44N6O8S/c1-23-11-14-26(15-12-23)50(45,46)41(18-7-8-19-42)25(17-20-43)13-16-27-29-30(49-35(2,3)48-29)34(47-27)40-22-38-28-31(36-21-37-32(28)40)39-33(44)24-9-5-4-6-10-24/h4-6,9-12,14-15,21-22,25,27,29-30,34,42-43H,7-8,13,16-20H2,1-3H3,(H,36,37,39,44)/t25?,27-,29-,30-,34-/m1/s1. The van der Waals surface area contributed by atoms with Gasteiger partial charge < -0.3 is 29.7 Å². The van der Waals surface area contributed by atoms with E-state index in [0.717, 1.165) is 5.56 Å². The second-order valence-corrected chi connectivity index (χ2v) is 15.0. The van der Waals surface area contributed by atoms with Crippen molar-refractivity contribution in [1.82, 2.24) is 23.8 Å². The maximum Gasteiger partial charge on any atom is 0.256 e. The number of unbranched alkanes of at least 4 members (excludes halogenated alkanes) is 1. The molecule has 268 valence electrons. The Morgan fingerprint density at radius 3 is 2.44 bits per heavy atom. The second-order valence-electron chi connectivity index (χ2n) is 13.1. The van der Waals surface area contributed by atoms with E-state index in [1.165, 1.54) is 10.6 Å². The molecular weight excluding hydrogens is 664 g/mol. The minimum atomic E-state index is -3.92. The summed E-state index contributed by atoms with van der Waals surface area (Å²) >= 11 is 0. The van der Waals surface area contributed by atoms with E-state index in [4.69, 9.17) is 14.2 Å². The Bertz CT molecular complexity index is 1870. The van der Waals surface area contributed by atoms with Crippen LogP contribution < -0.4 is 5.32 Å². The van der Waals surface area contributed by atoms with Crippen LogP contribution in [0.1, 0.15) is 68.1 Å². The van der Waals surface area contributed by atoms with E-state index < -0.39 is 46.4 Å². The molecule has 2 aromatic heterocycles. The van der Waals surface area contributed by atoms with Crippen molar-refractivity contribution in [3.63, 3.8) is 0 Å². The predicted octanol–water partition coefficient (Wildman–Crippen LogP) is 3.80. The van der Waals surface area contributed by atoms with Crippen molar-refractivity contribution in [2.24, 2.45) is 0 Å². The fraction of sp³-hybridized carbons (Fsp3) is 0.486. The van der Waals surface area contributed by atoms with Gasteiger partial charge in [0.05, 0.1) is 17.3 Å². The smallest absolute Gasteiger partial charge is 0.256 e. The Labute approximate surface area is 291 Å². The van der Waals surface area contributed by atoms with Gasteiger partial charge in [-0.2, -0.15) is 4.31 Å². The number of anilines is 1. The number of imidazole rings is 1. The number of sulfonamides is 1. The lowest BCUT2D eigenvalue weighted by molar-refractivity contribution is -0.197. The number of aliphatic hydroxyl groups is 2. The molecule has 2 fully saturated rings. The van der Waals surface area contributed by atoms with Gasteiger partial charge in [-0.1, -0.05) is 35.9 Å². The average molecular weight is 709 g/mol. The number of ether oxygens (including phenoxy) is 3. The molecule has 0 spiro atoms. The summed E-state index contributed by atoms with van der Waals surface area (Å²) in [6.45, 7) is 5.49. The van der Waals surface area contributed by atoms with Gasteiger partial charge in [0, 0.05) is 31.4 Å². The van der Waals surface area contributed by atoms with Crippen LogP contribution in [-0.2, 0) is 24.2 Å². The summed E-state index contributed by atoms with van der Waals surface area (Å²) in [5.41, 5.74) is 2.22. The van der Waals surface area contributed by atoms with Gasteiger partial charge in [0.1, 0.15) is 18.5 Å². The Hall–Kier alpha value is -3.83. The first-order chi connectivity index (χ1) is 24.0. The molecular formula is C35H44N6O8S. The number of nitrogens with one attached hydrogen (secondary N) is 1. The zero-order valence-electron chi connectivity index (χ0n) is 28.4. The lowest BCUT2D eigenvalue weighted by Crippen LogP contribution is -2.42. The van der Waals surface area contributed by atoms with Crippen LogP contribution in [0, 0.1) is 6.92 Å². The zero-order valence-corrected chi connectivity index (χ0v) is 29.2. The van der Waals surface area contributed by atoms with E-state index in [9.17, 15) is 23.4 Å². The van der Waals surface area contributed by atoms with Crippen molar-refractivity contribution >= 4 is 32.9 Å². The number of hydrogen-bond donors (Lipinski definition) is 3. The molecule has 2 saturated heterocycles. The van der Waals surface area contributed by atoms with E-state index >= 15 is 0 Å². The highest BCUT2D eigenvalue weighted by Gasteiger charge is 2.56. The maximum absolute atomic E-state index is 14.0. The molecule has 3 N–H and O–H groups in total. The largest absolute Gasteiger partial charge is 0.396 e. The van der Waals surface area contributed by atoms with Crippen LogP contribution in [0.4, 0.5) is 5.82 Å². The van der Waals surface area contributed by atoms with E-state index in [0.29, 0.717) is 42.4 Å². The van der Waals surface area contributed by atoms with Crippen molar-refractivity contribution in [1.29, 1.82) is 0 Å². The van der Waals surface area contributed by atoms with E-state index in [1.54, 1.807) is 59.4 Å². The number of rotatable bonds is 15. The summed E-state index contributed by atoms with van der Waals surface area (Å²) in [5, 5.41) is 22.3. The summed E-state index contributed by atoms with van der Waals surface area (Å²) in [7, 11) is -3.92. The van der Waals surface area contributed by atoms with Gasteiger partial charge >= 0.3 is 0 Å². The van der Waals surface area contributed by atoms with E-state index in [2.05, 4.69) is 20.3 Å². The van der Waals surface area contributed by atoms with Gasteiger partial charge in [-0.05, 0) is 77.1 Å². The van der Waals surface area contributed by atoms with Crippen LogP contribution in [0.15, 0.2) is 72.1 Å². The zero-order chi connectivity index (χ0) is 35.5. The number of amides is 1. The van der Waals surface area contributed by atoms with Crippen LogP contribution in [0.3, 0.4) is 0 Å². The maximum atomic E-state index is 14.0. The molecule has 5 atom stereocenters. The minimum Gasteiger partial charge on any atom is -0.396 e. The summed E-state index contributed by atoms with van der Waals surface area (Å²) in [6, 6.07) is 15.0. The fourth-order valence-corrected chi connectivity index (χ4v) is 8.40. The van der Waals surface area contributed by atoms with Crippen molar-refractivity contribution in [2.45, 2.75) is 94.1 Å². The molecule has 0 bridgehead atoms. The Morgan fingerprint density at radius 2 is 1.72 bits per heavy atom. The third kappa shape index (κ3) is 7.59. The summed E-state index contributed by atoms with van der Waals surface area (Å²) in [5.74, 6) is -0.995. The van der Waals surface area contributed by atoms with Crippen molar-refractivity contribution in [3.05, 3.63) is 78.4 Å². The number of nitrogens with zero attached hydrogens (tertiary/aromatic N) is 5. The number of aromatic nitrogens is 4. The van der Waals surface area contributed by atoms with Crippen LogP contribution in [0.5, 0.6) is 0 Å². The Kier molecular flexibility index (Phi) is 10.9. The Balaban J connectivity index is 1.24. The number of hydrogen-bond acceptors (Lipinski definition) is 11. The third-order valence-corrected chi connectivity index (χ3v) is 11.1. The molecule has 2 aliphatic heterocycles. The highest BCUT2D eigenvalue weighted by molar-refractivity contribution is 7.89. The molecule has 14 nitrogen and oxygen atoms in total. The van der Waals surface area contributed by atoms with Crippen LogP contribution in [0.2, 0.25) is 0 Å². The predicted molar refractivity (Wildman–Crippen MR) is 184 cm³/mol. The number of fused-ring (bicyclic) bond motifs is 2.